The summed E-state index contributed by atoms with van der Waals surface area (Å²) in [4.78, 5) is 34.6. The average Bonchev–Trinajstić information content (AvgIpc) is 2.50. The van der Waals surface area contributed by atoms with Crippen LogP contribution >= 0.6 is 0 Å². The minimum absolute atomic E-state index is 0.0933. The molecule has 7 heteroatoms. The van der Waals surface area contributed by atoms with Crippen molar-refractivity contribution < 1.29 is 19.1 Å². The van der Waals surface area contributed by atoms with Crippen molar-refractivity contribution in [1.29, 1.82) is 5.26 Å². The zero-order chi connectivity index (χ0) is 15.8. The first-order chi connectivity index (χ1) is 9.99. The molecule has 1 aromatic carbocycles. The van der Waals surface area contributed by atoms with E-state index in [4.69, 9.17) is 11.0 Å². The number of benzene rings is 1. The number of carbonyl (C=O) groups is 3. The normalized spacial score (nSPS) is 11.0. The molecule has 0 saturated carbocycles. The summed E-state index contributed by atoms with van der Waals surface area (Å²) in [5.74, 6) is -1.84. The zero-order valence-electron chi connectivity index (χ0n) is 11.5. The van der Waals surface area contributed by atoms with E-state index in [1.807, 2.05) is 6.07 Å². The lowest BCUT2D eigenvalue weighted by molar-refractivity contribution is -0.119. The molecule has 0 saturated heterocycles. The molecule has 1 atom stereocenters. The second-order valence-corrected chi connectivity index (χ2v) is 4.20. The van der Waals surface area contributed by atoms with Gasteiger partial charge in [0.25, 0.3) is 5.91 Å². The Morgan fingerprint density at radius 3 is 2.62 bits per heavy atom. The van der Waals surface area contributed by atoms with E-state index >= 15 is 0 Å². The molecule has 1 aromatic rings. The lowest BCUT2D eigenvalue weighted by Gasteiger charge is -2.14. The molecule has 7 nitrogen and oxygen atoms in total. The lowest BCUT2D eigenvalue weighted by Crippen LogP contribution is -2.44. The lowest BCUT2D eigenvalue weighted by atomic mass is 10.1. The van der Waals surface area contributed by atoms with Crippen molar-refractivity contribution in [2.24, 2.45) is 5.73 Å². The number of rotatable bonds is 6. The van der Waals surface area contributed by atoms with E-state index in [-0.39, 0.29) is 24.0 Å². The number of primary amides is 1. The van der Waals surface area contributed by atoms with Crippen molar-refractivity contribution in [3.05, 3.63) is 35.4 Å². The molecule has 0 aliphatic carbocycles. The molecule has 0 spiro atoms. The van der Waals surface area contributed by atoms with Gasteiger partial charge in [-0.1, -0.05) is 6.07 Å². The van der Waals surface area contributed by atoms with Gasteiger partial charge in [-0.2, -0.15) is 5.26 Å². The number of hydrogen-bond acceptors (Lipinski definition) is 5. The van der Waals surface area contributed by atoms with Gasteiger partial charge in [0.15, 0.2) is 0 Å². The summed E-state index contributed by atoms with van der Waals surface area (Å²) in [6.45, 7) is 0. The highest BCUT2D eigenvalue weighted by Gasteiger charge is 2.19. The van der Waals surface area contributed by atoms with Crippen LogP contribution in [0, 0.1) is 11.3 Å². The smallest absolute Gasteiger partial charge is 0.337 e. The molecule has 21 heavy (non-hydrogen) atoms. The maximum Gasteiger partial charge on any atom is 0.337 e. The Kier molecular flexibility index (Phi) is 5.89. The number of esters is 1. The highest BCUT2D eigenvalue weighted by atomic mass is 16.5. The number of ether oxygens (including phenoxy) is 1. The number of hydrogen-bond donors (Lipinski definition) is 2. The molecule has 0 aromatic heterocycles. The fourth-order valence-corrected chi connectivity index (χ4v) is 1.64. The standard InChI is InChI=1S/C14H15N3O4/c1-21-14(20)10-5-2-4-9(8-10)13(19)17-11(12(16)18)6-3-7-15/h2,4-5,8,11H,3,6H2,1H3,(H2,16,18)(H,17,19)/t11-/m1/s1. The fraction of sp³-hybridized carbons (Fsp3) is 0.286. The molecule has 0 fully saturated rings. The molecular weight excluding hydrogens is 274 g/mol. The number of carbonyl (C=O) groups excluding carboxylic acids is 3. The van der Waals surface area contributed by atoms with Crippen LogP contribution in [0.25, 0.3) is 0 Å². The third-order valence-corrected chi connectivity index (χ3v) is 2.74. The Bertz CT molecular complexity index is 592. The van der Waals surface area contributed by atoms with Crippen molar-refractivity contribution >= 4 is 17.8 Å². The van der Waals surface area contributed by atoms with E-state index in [0.29, 0.717) is 0 Å². The number of nitrogens with two attached hydrogens (primary N) is 1. The van der Waals surface area contributed by atoms with Gasteiger partial charge in [0.05, 0.1) is 18.7 Å². The first-order valence-electron chi connectivity index (χ1n) is 6.15. The van der Waals surface area contributed by atoms with Crippen molar-refractivity contribution in [2.75, 3.05) is 7.11 Å². The van der Waals surface area contributed by atoms with Gasteiger partial charge < -0.3 is 15.8 Å². The largest absolute Gasteiger partial charge is 0.465 e. The molecule has 110 valence electrons. The van der Waals surface area contributed by atoms with Crippen LogP contribution in [0.2, 0.25) is 0 Å². The van der Waals surface area contributed by atoms with Crippen LogP contribution in [0.5, 0.6) is 0 Å². The molecule has 2 amide bonds. The Morgan fingerprint density at radius 2 is 2.05 bits per heavy atom. The molecule has 0 heterocycles. The molecule has 0 aliphatic heterocycles. The number of nitrogens with zero attached hydrogens (tertiary/aromatic N) is 1. The number of nitriles is 1. The predicted octanol–water partition coefficient (Wildman–Crippen LogP) is 0.361. The van der Waals surface area contributed by atoms with E-state index in [9.17, 15) is 14.4 Å². The van der Waals surface area contributed by atoms with Gasteiger partial charge >= 0.3 is 5.97 Å². The van der Waals surface area contributed by atoms with Crippen molar-refractivity contribution in [1.82, 2.24) is 5.32 Å². The van der Waals surface area contributed by atoms with Gasteiger partial charge in [-0.05, 0) is 24.6 Å². The summed E-state index contributed by atoms with van der Waals surface area (Å²) in [6, 6.07) is 6.81. The van der Waals surface area contributed by atoms with Crippen LogP contribution in [-0.4, -0.2) is 30.9 Å². The fourth-order valence-electron chi connectivity index (χ4n) is 1.64. The van der Waals surface area contributed by atoms with Crippen LogP contribution < -0.4 is 11.1 Å². The third-order valence-electron chi connectivity index (χ3n) is 2.74. The molecule has 0 aliphatic rings. The average molecular weight is 289 g/mol. The Hall–Kier alpha value is -2.88. The van der Waals surface area contributed by atoms with Crippen LogP contribution in [0.15, 0.2) is 24.3 Å². The number of methoxy groups -OCH3 is 1. The summed E-state index contributed by atoms with van der Waals surface area (Å²) < 4.78 is 4.56. The molecule has 1 rings (SSSR count). The predicted molar refractivity (Wildman–Crippen MR) is 73.1 cm³/mol. The topological polar surface area (TPSA) is 122 Å². The molecular formula is C14H15N3O4. The van der Waals surface area contributed by atoms with Crippen molar-refractivity contribution in [3.8, 4) is 6.07 Å². The first kappa shape index (κ1) is 16.2. The van der Waals surface area contributed by atoms with E-state index in [0.717, 1.165) is 0 Å². The summed E-state index contributed by atoms with van der Waals surface area (Å²) in [5.41, 5.74) is 5.58. The Balaban J connectivity index is 2.85. The minimum atomic E-state index is -0.932. The van der Waals surface area contributed by atoms with Crippen LogP contribution in [0.3, 0.4) is 0 Å². The van der Waals surface area contributed by atoms with Gasteiger partial charge in [-0.15, -0.1) is 0 Å². The Labute approximate surface area is 121 Å². The van der Waals surface area contributed by atoms with Crippen molar-refractivity contribution in [3.63, 3.8) is 0 Å². The summed E-state index contributed by atoms with van der Waals surface area (Å²) in [5, 5.41) is 10.9. The number of nitrogens with one attached hydrogen (secondary N) is 1. The van der Waals surface area contributed by atoms with Gasteiger partial charge in [-0.3, -0.25) is 9.59 Å². The second kappa shape index (κ2) is 7.65. The van der Waals surface area contributed by atoms with Crippen molar-refractivity contribution in [2.45, 2.75) is 18.9 Å². The maximum absolute atomic E-state index is 12.0. The van der Waals surface area contributed by atoms with Crippen LogP contribution in [-0.2, 0) is 9.53 Å². The molecule has 0 radical (unpaired) electrons. The van der Waals surface area contributed by atoms with Gasteiger partial charge in [0, 0.05) is 12.0 Å². The molecule has 0 unspecified atom stereocenters. The summed E-state index contributed by atoms with van der Waals surface area (Å²) in [7, 11) is 1.24. The quantitative estimate of drug-likeness (QED) is 0.732. The van der Waals surface area contributed by atoms with Gasteiger partial charge in [0.1, 0.15) is 6.04 Å². The van der Waals surface area contributed by atoms with E-state index in [1.54, 1.807) is 0 Å². The van der Waals surface area contributed by atoms with Gasteiger partial charge in [-0.25, -0.2) is 4.79 Å². The molecule has 0 bridgehead atoms. The number of amides is 2. The zero-order valence-corrected chi connectivity index (χ0v) is 11.5. The maximum atomic E-state index is 12.0. The second-order valence-electron chi connectivity index (χ2n) is 4.20. The Morgan fingerprint density at radius 1 is 1.38 bits per heavy atom. The monoisotopic (exact) mass is 289 g/mol. The van der Waals surface area contributed by atoms with Crippen LogP contribution in [0.1, 0.15) is 33.6 Å². The molecule has 3 N–H and O–H groups in total. The summed E-state index contributed by atoms with van der Waals surface area (Å²) >= 11 is 0. The highest BCUT2D eigenvalue weighted by molar-refractivity contribution is 5.99. The van der Waals surface area contributed by atoms with Crippen LogP contribution in [0.4, 0.5) is 0 Å². The minimum Gasteiger partial charge on any atom is -0.465 e. The van der Waals surface area contributed by atoms with E-state index in [2.05, 4.69) is 10.1 Å². The first-order valence-corrected chi connectivity index (χ1v) is 6.15. The van der Waals surface area contributed by atoms with Gasteiger partial charge in [0.2, 0.25) is 5.91 Å². The van der Waals surface area contributed by atoms with E-state index < -0.39 is 23.8 Å². The van der Waals surface area contributed by atoms with E-state index in [1.165, 1.54) is 31.4 Å². The third kappa shape index (κ3) is 4.62. The summed E-state index contributed by atoms with van der Waals surface area (Å²) in [6.07, 6.45) is 0.227. The SMILES string of the molecule is COC(=O)c1cccc(C(=O)N[C@H](CCC#N)C(N)=O)c1. The highest BCUT2D eigenvalue weighted by Crippen LogP contribution is 2.07.